The highest BCUT2D eigenvalue weighted by atomic mass is 32.2. The van der Waals surface area contributed by atoms with Crippen molar-refractivity contribution in [3.05, 3.63) is 42.1 Å². The smallest absolute Gasteiger partial charge is 0.117 e. The van der Waals surface area contributed by atoms with E-state index in [0.717, 1.165) is 28.4 Å². The largest absolute Gasteiger partial charge is 0.272 e. The van der Waals surface area contributed by atoms with Gasteiger partial charge in [-0.25, -0.2) is 4.98 Å². The van der Waals surface area contributed by atoms with Crippen LogP contribution >= 0.6 is 11.8 Å². The summed E-state index contributed by atoms with van der Waals surface area (Å²) in [7, 11) is 0. The summed E-state index contributed by atoms with van der Waals surface area (Å²) in [6, 6.07) is 12.9. The maximum Gasteiger partial charge on any atom is 0.117 e. The van der Waals surface area contributed by atoms with Gasteiger partial charge in [-0.05, 0) is 18.6 Å². The molecule has 0 fully saturated rings. The lowest BCUT2D eigenvalue weighted by Gasteiger charge is -2.01. The van der Waals surface area contributed by atoms with Gasteiger partial charge in [-0.2, -0.15) is 0 Å². The molecule has 1 atom stereocenters. The number of thioether (sulfide) groups is 1. The van der Waals surface area contributed by atoms with Crippen LogP contribution in [0, 0.1) is 0 Å². The maximum atomic E-state index is 4.70. The summed E-state index contributed by atoms with van der Waals surface area (Å²) in [5, 5.41) is 2.29. The molecule has 0 amide bonds. The van der Waals surface area contributed by atoms with Gasteiger partial charge in [0.1, 0.15) is 5.04 Å². The number of rotatable bonds is 2. The molecule has 0 radical (unpaired) electrons. The van der Waals surface area contributed by atoms with Crippen molar-refractivity contribution >= 4 is 27.7 Å². The highest BCUT2D eigenvalue weighted by Crippen LogP contribution is 2.25. The van der Waals surface area contributed by atoms with E-state index in [-0.39, 0.29) is 0 Å². The Bertz CT molecular complexity index is 577. The molecule has 0 spiro atoms. The second-order valence-corrected chi connectivity index (χ2v) is 5.21. The fourth-order valence-electron chi connectivity index (χ4n) is 1.95. The van der Waals surface area contributed by atoms with Gasteiger partial charge < -0.3 is 0 Å². The Balaban J connectivity index is 2.01. The number of hydrogen-bond acceptors (Lipinski definition) is 3. The molecule has 3 rings (SSSR count). The minimum Gasteiger partial charge on any atom is -0.272 e. The van der Waals surface area contributed by atoms with E-state index in [1.54, 1.807) is 0 Å². The molecule has 0 unspecified atom stereocenters. The van der Waals surface area contributed by atoms with Crippen LogP contribution in [-0.4, -0.2) is 21.8 Å². The Morgan fingerprint density at radius 1 is 1.24 bits per heavy atom. The maximum absolute atomic E-state index is 4.70. The summed E-state index contributed by atoms with van der Waals surface area (Å²) in [4.78, 5) is 9.38. The van der Waals surface area contributed by atoms with Crippen LogP contribution in [0.25, 0.3) is 10.9 Å². The zero-order valence-corrected chi connectivity index (χ0v) is 10.6. The number of hydrogen-bond donors (Lipinski definition) is 0. The third-order valence-corrected chi connectivity index (χ3v) is 4.14. The quantitative estimate of drug-likeness (QED) is 0.805. The third kappa shape index (κ3) is 2.07. The lowest BCUT2D eigenvalue weighted by Crippen LogP contribution is -1.99. The molecule has 1 aliphatic heterocycles. The standard InChI is InChI=1S/C14H14N2S/c1-2-11-9-17-14(15-11)13-8-7-10-5-3-4-6-12(10)16-13/h3-8,11H,2,9H2,1H3/t11-/m0/s1. The van der Waals surface area contributed by atoms with Crippen LogP contribution in [0.1, 0.15) is 19.0 Å². The van der Waals surface area contributed by atoms with Crippen molar-refractivity contribution in [3.63, 3.8) is 0 Å². The Labute approximate surface area is 105 Å². The van der Waals surface area contributed by atoms with Gasteiger partial charge in [0.15, 0.2) is 0 Å². The first-order chi connectivity index (χ1) is 8.36. The SMILES string of the molecule is CC[C@H]1CSC(c2ccc3ccccc3n2)=N1. The summed E-state index contributed by atoms with van der Waals surface area (Å²) in [5.74, 6) is 1.10. The van der Waals surface area contributed by atoms with Gasteiger partial charge in [0.05, 0.1) is 17.3 Å². The Kier molecular flexibility index (Phi) is 2.85. The number of nitrogens with zero attached hydrogens (tertiary/aromatic N) is 2. The molecule has 0 saturated carbocycles. The molecule has 0 N–H and O–H groups in total. The predicted molar refractivity (Wildman–Crippen MR) is 74.8 cm³/mol. The van der Waals surface area contributed by atoms with Gasteiger partial charge >= 0.3 is 0 Å². The van der Waals surface area contributed by atoms with Crippen LogP contribution in [0.4, 0.5) is 0 Å². The molecule has 2 nitrogen and oxygen atoms in total. The molecule has 0 saturated heterocycles. The van der Waals surface area contributed by atoms with Crippen LogP contribution < -0.4 is 0 Å². The van der Waals surface area contributed by atoms with Gasteiger partial charge in [0.2, 0.25) is 0 Å². The minimum absolute atomic E-state index is 0.475. The summed E-state index contributed by atoms with van der Waals surface area (Å²) >= 11 is 1.82. The van der Waals surface area contributed by atoms with E-state index in [0.29, 0.717) is 6.04 Å². The van der Waals surface area contributed by atoms with Gasteiger partial charge in [-0.15, -0.1) is 11.8 Å². The van der Waals surface area contributed by atoms with Crippen LogP contribution in [0.5, 0.6) is 0 Å². The summed E-state index contributed by atoms with van der Waals surface area (Å²) in [6.45, 7) is 2.19. The lowest BCUT2D eigenvalue weighted by atomic mass is 10.2. The van der Waals surface area contributed by atoms with Crippen LogP contribution in [-0.2, 0) is 0 Å². The van der Waals surface area contributed by atoms with Crippen molar-refractivity contribution in [2.75, 3.05) is 5.75 Å². The van der Waals surface area contributed by atoms with E-state index >= 15 is 0 Å². The number of pyridine rings is 1. The van der Waals surface area contributed by atoms with Crippen molar-refractivity contribution in [3.8, 4) is 0 Å². The molecule has 86 valence electrons. The van der Waals surface area contributed by atoms with E-state index in [9.17, 15) is 0 Å². The predicted octanol–water partition coefficient (Wildman–Crippen LogP) is 3.51. The first-order valence-corrected chi connectivity index (χ1v) is 6.92. The average Bonchev–Trinajstić information content (AvgIpc) is 2.87. The van der Waals surface area contributed by atoms with Crippen molar-refractivity contribution in [1.82, 2.24) is 4.98 Å². The van der Waals surface area contributed by atoms with Crippen molar-refractivity contribution in [1.29, 1.82) is 0 Å². The molecule has 1 aromatic heterocycles. The molecule has 17 heavy (non-hydrogen) atoms. The van der Waals surface area contributed by atoms with Gasteiger partial charge in [-0.3, -0.25) is 4.99 Å². The van der Waals surface area contributed by atoms with Crippen LogP contribution in [0.3, 0.4) is 0 Å². The van der Waals surface area contributed by atoms with Gasteiger partial charge in [0, 0.05) is 11.1 Å². The number of benzene rings is 1. The van der Waals surface area contributed by atoms with Crippen LogP contribution in [0.15, 0.2) is 41.4 Å². The molecule has 0 bridgehead atoms. The minimum atomic E-state index is 0.475. The zero-order chi connectivity index (χ0) is 11.7. The van der Waals surface area contributed by atoms with Crippen molar-refractivity contribution < 1.29 is 0 Å². The monoisotopic (exact) mass is 242 g/mol. The van der Waals surface area contributed by atoms with E-state index < -0.39 is 0 Å². The molecular weight excluding hydrogens is 228 g/mol. The third-order valence-electron chi connectivity index (χ3n) is 3.00. The van der Waals surface area contributed by atoms with Crippen LogP contribution in [0.2, 0.25) is 0 Å². The number of aliphatic imine (C=N–C) groups is 1. The van der Waals surface area contributed by atoms with Gasteiger partial charge in [0.25, 0.3) is 0 Å². The van der Waals surface area contributed by atoms with E-state index in [1.807, 2.05) is 23.9 Å². The first-order valence-electron chi connectivity index (χ1n) is 5.93. The first kappa shape index (κ1) is 10.8. The summed E-state index contributed by atoms with van der Waals surface area (Å²) in [5.41, 5.74) is 2.07. The molecule has 2 heterocycles. The van der Waals surface area contributed by atoms with Crippen molar-refractivity contribution in [2.45, 2.75) is 19.4 Å². The number of para-hydroxylation sites is 1. The van der Waals surface area contributed by atoms with E-state index in [4.69, 9.17) is 4.99 Å². The Morgan fingerprint density at radius 2 is 2.12 bits per heavy atom. The molecule has 2 aromatic rings. The van der Waals surface area contributed by atoms with E-state index in [2.05, 4.69) is 36.2 Å². The second kappa shape index (κ2) is 4.49. The summed E-state index contributed by atoms with van der Waals surface area (Å²) < 4.78 is 0. The zero-order valence-electron chi connectivity index (χ0n) is 9.76. The molecule has 3 heteroatoms. The topological polar surface area (TPSA) is 25.2 Å². The average molecular weight is 242 g/mol. The van der Waals surface area contributed by atoms with Crippen molar-refractivity contribution in [2.24, 2.45) is 4.99 Å². The van der Waals surface area contributed by atoms with Gasteiger partial charge in [-0.1, -0.05) is 31.2 Å². The summed E-state index contributed by atoms with van der Waals surface area (Å²) in [6.07, 6.45) is 1.12. The molecule has 0 aliphatic carbocycles. The molecule has 1 aromatic carbocycles. The normalized spacial score (nSPS) is 19.6. The second-order valence-electron chi connectivity index (χ2n) is 4.20. The highest BCUT2D eigenvalue weighted by Gasteiger charge is 2.18. The lowest BCUT2D eigenvalue weighted by molar-refractivity contribution is 0.738. The Morgan fingerprint density at radius 3 is 2.94 bits per heavy atom. The number of aromatic nitrogens is 1. The Hall–Kier alpha value is -1.35. The molecular formula is C14H14N2S. The highest BCUT2D eigenvalue weighted by molar-refractivity contribution is 8.14. The fraction of sp³-hybridized carbons (Fsp3) is 0.286. The van der Waals surface area contributed by atoms with E-state index in [1.165, 1.54) is 5.39 Å². The number of fused-ring (bicyclic) bond motifs is 1. The fourth-order valence-corrected chi connectivity index (χ4v) is 3.10. The molecule has 1 aliphatic rings.